The molecule has 1 aliphatic heterocycles. The zero-order chi connectivity index (χ0) is 13.6. The number of hydrogen-bond acceptors (Lipinski definition) is 2. The Bertz CT molecular complexity index is 343. The Kier molecular flexibility index (Phi) is 5.32. The summed E-state index contributed by atoms with van der Waals surface area (Å²) in [5, 5.41) is 0. The summed E-state index contributed by atoms with van der Waals surface area (Å²) < 4.78 is 6.31. The molecular formula is C18H29NO. The van der Waals surface area contributed by atoms with Crippen molar-refractivity contribution in [3.8, 4) is 0 Å². The number of nitrogens with zero attached hydrogens (tertiary/aromatic N) is 1. The molecule has 0 aromatic heterocycles. The Labute approximate surface area is 123 Å². The Morgan fingerprint density at radius 3 is 2.65 bits per heavy atom. The minimum absolute atomic E-state index is 0.505. The highest BCUT2D eigenvalue weighted by Crippen LogP contribution is 2.28. The van der Waals surface area contributed by atoms with Gasteiger partial charge in [-0.1, -0.05) is 37.1 Å². The monoisotopic (exact) mass is 275 g/mol. The molecule has 0 amide bonds. The maximum atomic E-state index is 6.31. The van der Waals surface area contributed by atoms with Gasteiger partial charge in [0, 0.05) is 12.6 Å². The van der Waals surface area contributed by atoms with Gasteiger partial charge in [-0.25, -0.2) is 0 Å². The first-order valence-corrected chi connectivity index (χ1v) is 8.62. The van der Waals surface area contributed by atoms with Gasteiger partial charge in [0.2, 0.25) is 0 Å². The van der Waals surface area contributed by atoms with E-state index < -0.39 is 0 Å². The lowest BCUT2D eigenvalue weighted by atomic mass is 9.91. The van der Waals surface area contributed by atoms with Gasteiger partial charge in [-0.3, -0.25) is 4.90 Å². The van der Waals surface area contributed by atoms with Crippen LogP contribution in [0.3, 0.4) is 0 Å². The van der Waals surface area contributed by atoms with Gasteiger partial charge in [-0.05, 0) is 57.5 Å². The van der Waals surface area contributed by atoms with Crippen LogP contribution in [0.1, 0.15) is 51.4 Å². The first-order chi connectivity index (χ1) is 9.93. The molecule has 1 saturated heterocycles. The molecule has 20 heavy (non-hydrogen) atoms. The van der Waals surface area contributed by atoms with Gasteiger partial charge in [0.25, 0.3) is 0 Å². The van der Waals surface area contributed by atoms with Crippen molar-refractivity contribution in [1.29, 1.82) is 0 Å². The van der Waals surface area contributed by atoms with E-state index in [9.17, 15) is 0 Å². The number of likely N-dealkylation sites (tertiary alicyclic amines) is 1. The third kappa shape index (κ3) is 3.73. The maximum Gasteiger partial charge on any atom is 0.0730 e. The van der Waals surface area contributed by atoms with Gasteiger partial charge in [-0.15, -0.1) is 0 Å². The predicted octanol–water partition coefficient (Wildman–Crippen LogP) is 3.93. The van der Waals surface area contributed by atoms with Crippen LogP contribution in [-0.2, 0) is 4.74 Å². The minimum Gasteiger partial charge on any atom is -0.377 e. The molecule has 3 atom stereocenters. The lowest BCUT2D eigenvalue weighted by molar-refractivity contribution is -0.0331. The van der Waals surface area contributed by atoms with E-state index in [1.165, 1.54) is 64.5 Å². The van der Waals surface area contributed by atoms with Crippen LogP contribution in [0.15, 0.2) is 24.3 Å². The summed E-state index contributed by atoms with van der Waals surface area (Å²) in [6.07, 6.45) is 20.0. The molecular weight excluding hydrogens is 246 g/mol. The smallest absolute Gasteiger partial charge is 0.0730 e. The van der Waals surface area contributed by atoms with Crippen molar-refractivity contribution in [2.75, 3.05) is 19.7 Å². The predicted molar refractivity (Wildman–Crippen MR) is 83.8 cm³/mol. The topological polar surface area (TPSA) is 12.5 Å². The molecule has 3 rings (SSSR count). The molecule has 112 valence electrons. The highest BCUT2D eigenvalue weighted by Gasteiger charge is 2.32. The second-order valence-electron chi connectivity index (χ2n) is 6.60. The maximum absolute atomic E-state index is 6.31. The molecule has 0 bridgehead atoms. The van der Waals surface area contributed by atoms with Gasteiger partial charge >= 0.3 is 0 Å². The molecule has 0 radical (unpaired) electrons. The molecule has 1 heterocycles. The van der Waals surface area contributed by atoms with E-state index in [0.717, 1.165) is 6.61 Å². The molecule has 0 spiro atoms. The van der Waals surface area contributed by atoms with Crippen molar-refractivity contribution in [3.63, 3.8) is 0 Å². The SMILES string of the molecule is C1=CCC(CCOC2CCCCC2N2CCCC2)C=C1. The largest absolute Gasteiger partial charge is 0.377 e. The fourth-order valence-electron chi connectivity index (χ4n) is 3.98. The molecule has 3 unspecified atom stereocenters. The first kappa shape index (κ1) is 14.3. The van der Waals surface area contributed by atoms with Crippen LogP contribution in [0.5, 0.6) is 0 Å². The van der Waals surface area contributed by atoms with E-state index in [1.54, 1.807) is 0 Å². The van der Waals surface area contributed by atoms with Crippen LogP contribution in [0.2, 0.25) is 0 Å². The summed E-state index contributed by atoms with van der Waals surface area (Å²) in [6, 6.07) is 0.716. The van der Waals surface area contributed by atoms with Gasteiger partial charge in [-0.2, -0.15) is 0 Å². The Balaban J connectivity index is 1.44. The Morgan fingerprint density at radius 1 is 1.00 bits per heavy atom. The molecule has 3 aliphatic rings. The third-order valence-electron chi connectivity index (χ3n) is 5.17. The molecule has 1 saturated carbocycles. The fraction of sp³-hybridized carbons (Fsp3) is 0.778. The van der Waals surface area contributed by atoms with E-state index in [4.69, 9.17) is 4.74 Å². The fourth-order valence-corrected chi connectivity index (χ4v) is 3.98. The zero-order valence-corrected chi connectivity index (χ0v) is 12.7. The van der Waals surface area contributed by atoms with E-state index in [2.05, 4.69) is 29.2 Å². The van der Waals surface area contributed by atoms with Crippen LogP contribution >= 0.6 is 0 Å². The van der Waals surface area contributed by atoms with E-state index in [0.29, 0.717) is 18.1 Å². The number of ether oxygens (including phenoxy) is 1. The Hall–Kier alpha value is -0.600. The van der Waals surface area contributed by atoms with Gasteiger partial charge in [0.15, 0.2) is 0 Å². The third-order valence-corrected chi connectivity index (χ3v) is 5.17. The second kappa shape index (κ2) is 7.42. The molecule has 2 aliphatic carbocycles. The molecule has 0 aromatic carbocycles. The van der Waals surface area contributed by atoms with Crippen molar-refractivity contribution >= 4 is 0 Å². The van der Waals surface area contributed by atoms with Crippen molar-refractivity contribution in [3.05, 3.63) is 24.3 Å². The van der Waals surface area contributed by atoms with Gasteiger partial charge in [0.05, 0.1) is 6.10 Å². The van der Waals surface area contributed by atoms with Crippen molar-refractivity contribution in [2.24, 2.45) is 5.92 Å². The minimum atomic E-state index is 0.505. The van der Waals surface area contributed by atoms with Crippen molar-refractivity contribution in [2.45, 2.75) is 63.5 Å². The summed E-state index contributed by atoms with van der Waals surface area (Å²) in [7, 11) is 0. The van der Waals surface area contributed by atoms with E-state index >= 15 is 0 Å². The average Bonchev–Trinajstić information content (AvgIpc) is 3.03. The molecule has 0 aromatic rings. The number of hydrogen-bond donors (Lipinski definition) is 0. The van der Waals surface area contributed by atoms with E-state index in [1.807, 2.05) is 0 Å². The van der Waals surface area contributed by atoms with E-state index in [-0.39, 0.29) is 0 Å². The summed E-state index contributed by atoms with van der Waals surface area (Å²) in [4.78, 5) is 2.70. The number of rotatable bonds is 5. The lowest BCUT2D eigenvalue weighted by Crippen LogP contribution is -2.45. The quantitative estimate of drug-likeness (QED) is 0.753. The highest BCUT2D eigenvalue weighted by molar-refractivity contribution is 5.10. The molecule has 2 fully saturated rings. The van der Waals surface area contributed by atoms with Crippen LogP contribution in [0, 0.1) is 5.92 Å². The Morgan fingerprint density at radius 2 is 1.85 bits per heavy atom. The van der Waals surface area contributed by atoms with Crippen molar-refractivity contribution < 1.29 is 4.74 Å². The van der Waals surface area contributed by atoms with Crippen LogP contribution in [0.4, 0.5) is 0 Å². The van der Waals surface area contributed by atoms with Gasteiger partial charge < -0.3 is 4.74 Å². The van der Waals surface area contributed by atoms with Crippen LogP contribution in [0.25, 0.3) is 0 Å². The summed E-state index contributed by atoms with van der Waals surface area (Å²) in [6.45, 7) is 3.55. The molecule has 0 N–H and O–H groups in total. The summed E-state index contributed by atoms with van der Waals surface area (Å²) in [5.41, 5.74) is 0. The van der Waals surface area contributed by atoms with Crippen LogP contribution < -0.4 is 0 Å². The zero-order valence-electron chi connectivity index (χ0n) is 12.7. The summed E-state index contributed by atoms with van der Waals surface area (Å²) >= 11 is 0. The second-order valence-corrected chi connectivity index (χ2v) is 6.60. The average molecular weight is 275 g/mol. The first-order valence-electron chi connectivity index (χ1n) is 8.62. The highest BCUT2D eigenvalue weighted by atomic mass is 16.5. The van der Waals surface area contributed by atoms with Crippen LogP contribution in [-0.4, -0.2) is 36.7 Å². The van der Waals surface area contributed by atoms with Gasteiger partial charge in [0.1, 0.15) is 0 Å². The normalized spacial score (nSPS) is 34.7. The van der Waals surface area contributed by atoms with Crippen molar-refractivity contribution in [1.82, 2.24) is 4.90 Å². The standard InChI is InChI=1S/C18H29NO/c1-2-8-16(9-3-1)12-15-20-18-11-5-4-10-17(18)19-13-6-7-14-19/h1-3,8,16-18H,4-7,9-15H2. The lowest BCUT2D eigenvalue weighted by Gasteiger charge is -2.37. The number of allylic oxidation sites excluding steroid dienone is 4. The summed E-state index contributed by atoms with van der Waals surface area (Å²) in [5.74, 6) is 0.703. The molecule has 2 nitrogen and oxygen atoms in total. The molecule has 2 heteroatoms.